The molecule has 1 aromatic rings. The summed E-state index contributed by atoms with van der Waals surface area (Å²) in [5.41, 5.74) is 1.67. The molecule has 4 amide bonds. The van der Waals surface area contributed by atoms with E-state index in [2.05, 4.69) is 10.6 Å². The van der Waals surface area contributed by atoms with Crippen molar-refractivity contribution in [1.29, 1.82) is 0 Å². The van der Waals surface area contributed by atoms with Crippen molar-refractivity contribution in [2.45, 2.75) is 38.8 Å². The Kier molecular flexibility index (Phi) is 3.94. The molecule has 3 rings (SSSR count). The van der Waals surface area contributed by atoms with Gasteiger partial charge in [-0.25, -0.2) is 4.79 Å². The first-order valence-electron chi connectivity index (χ1n) is 7.65. The van der Waals surface area contributed by atoms with Crippen LogP contribution in [-0.4, -0.2) is 41.4 Å². The normalized spacial score (nSPS) is 19.8. The van der Waals surface area contributed by atoms with E-state index < -0.39 is 12.1 Å². The summed E-state index contributed by atoms with van der Waals surface area (Å²) >= 11 is 0. The Balaban J connectivity index is 1.62. The summed E-state index contributed by atoms with van der Waals surface area (Å²) in [6.07, 6.45) is 0.813. The molecule has 0 spiro atoms. The van der Waals surface area contributed by atoms with Gasteiger partial charge in [0.1, 0.15) is 11.8 Å². The lowest BCUT2D eigenvalue weighted by atomic mass is 10.1. The molecule has 7 heteroatoms. The number of benzene rings is 1. The highest BCUT2D eigenvalue weighted by Gasteiger charge is 2.40. The second kappa shape index (κ2) is 5.91. The van der Waals surface area contributed by atoms with Crippen LogP contribution in [0.2, 0.25) is 0 Å². The third kappa shape index (κ3) is 2.99. The topological polar surface area (TPSA) is 87.7 Å². The molecule has 0 aliphatic carbocycles. The van der Waals surface area contributed by atoms with Crippen LogP contribution in [-0.2, 0) is 16.0 Å². The smallest absolute Gasteiger partial charge is 0.319 e. The summed E-state index contributed by atoms with van der Waals surface area (Å²) in [6, 6.07) is 3.89. The van der Waals surface area contributed by atoms with E-state index in [0.717, 1.165) is 17.7 Å². The predicted molar refractivity (Wildman–Crippen MR) is 83.2 cm³/mol. The van der Waals surface area contributed by atoms with Crippen LogP contribution in [0.3, 0.4) is 0 Å². The van der Waals surface area contributed by atoms with Crippen molar-refractivity contribution in [1.82, 2.24) is 10.2 Å². The number of hydrogen-bond donors (Lipinski definition) is 2. The van der Waals surface area contributed by atoms with Crippen LogP contribution in [0.15, 0.2) is 18.2 Å². The van der Waals surface area contributed by atoms with E-state index in [1.165, 1.54) is 4.90 Å². The number of nitrogens with one attached hydrogen (secondary N) is 2. The number of nitrogens with zero attached hydrogens (tertiary/aromatic N) is 1. The van der Waals surface area contributed by atoms with Gasteiger partial charge in [-0.3, -0.25) is 14.5 Å². The van der Waals surface area contributed by atoms with Gasteiger partial charge in [0.15, 0.2) is 0 Å². The number of likely N-dealkylation sites (tertiary alicyclic amines) is 1. The molecule has 1 saturated heterocycles. The number of hydrogen-bond acceptors (Lipinski definition) is 4. The number of imide groups is 1. The summed E-state index contributed by atoms with van der Waals surface area (Å²) in [5, 5.41) is 5.26. The highest BCUT2D eigenvalue weighted by atomic mass is 16.5. The maximum Gasteiger partial charge on any atom is 0.319 e. The molecule has 7 nitrogen and oxygen atoms in total. The van der Waals surface area contributed by atoms with Crippen molar-refractivity contribution in [3.05, 3.63) is 23.8 Å². The van der Waals surface area contributed by atoms with Crippen LogP contribution in [0, 0.1) is 0 Å². The maximum atomic E-state index is 12.1. The van der Waals surface area contributed by atoms with Crippen molar-refractivity contribution < 1.29 is 19.1 Å². The van der Waals surface area contributed by atoms with Gasteiger partial charge in [-0.2, -0.15) is 0 Å². The van der Waals surface area contributed by atoms with Crippen LogP contribution in [0.4, 0.5) is 10.5 Å². The third-order valence-corrected chi connectivity index (χ3v) is 3.95. The number of amides is 4. The van der Waals surface area contributed by atoms with Gasteiger partial charge >= 0.3 is 6.03 Å². The maximum absolute atomic E-state index is 12.1. The molecule has 0 saturated carbocycles. The minimum atomic E-state index is -0.803. The zero-order valence-electron chi connectivity index (χ0n) is 13.1. The van der Waals surface area contributed by atoms with Crippen LogP contribution in [0.5, 0.6) is 5.75 Å². The molecule has 23 heavy (non-hydrogen) atoms. The van der Waals surface area contributed by atoms with E-state index in [1.54, 1.807) is 19.9 Å². The summed E-state index contributed by atoms with van der Waals surface area (Å²) in [7, 11) is 0. The SMILES string of the molecule is CC(C)N1C(=O)CC(NC(=O)Nc2ccc3c(c2)CCO3)C1=O. The largest absolute Gasteiger partial charge is 0.493 e. The van der Waals surface area contributed by atoms with Gasteiger partial charge in [0.25, 0.3) is 5.91 Å². The Bertz CT molecular complexity index is 671. The zero-order valence-corrected chi connectivity index (χ0v) is 13.1. The van der Waals surface area contributed by atoms with E-state index in [-0.39, 0.29) is 24.3 Å². The average molecular weight is 317 g/mol. The first kappa shape index (κ1) is 15.3. The number of anilines is 1. The number of rotatable bonds is 3. The molecular formula is C16H19N3O4. The fraction of sp³-hybridized carbons (Fsp3) is 0.438. The second-order valence-electron chi connectivity index (χ2n) is 5.97. The van der Waals surface area contributed by atoms with Gasteiger partial charge in [0.2, 0.25) is 5.91 Å². The molecule has 1 unspecified atom stereocenters. The van der Waals surface area contributed by atoms with Crippen molar-refractivity contribution in [3.8, 4) is 5.75 Å². The summed E-state index contributed by atoms with van der Waals surface area (Å²) < 4.78 is 5.41. The van der Waals surface area contributed by atoms with E-state index in [1.807, 2.05) is 12.1 Å². The summed E-state index contributed by atoms with van der Waals surface area (Å²) in [6.45, 7) is 4.18. The van der Waals surface area contributed by atoms with Gasteiger partial charge in [0.05, 0.1) is 13.0 Å². The van der Waals surface area contributed by atoms with Crippen LogP contribution < -0.4 is 15.4 Å². The molecule has 2 heterocycles. The van der Waals surface area contributed by atoms with Gasteiger partial charge in [-0.05, 0) is 37.6 Å². The Morgan fingerprint density at radius 3 is 2.83 bits per heavy atom. The first-order valence-corrected chi connectivity index (χ1v) is 7.65. The lowest BCUT2D eigenvalue weighted by Gasteiger charge is -2.19. The molecule has 1 atom stereocenters. The average Bonchev–Trinajstić information content (AvgIpc) is 3.03. The number of urea groups is 1. The number of fused-ring (bicyclic) bond motifs is 1. The van der Waals surface area contributed by atoms with Crippen molar-refractivity contribution >= 4 is 23.5 Å². The van der Waals surface area contributed by atoms with Gasteiger partial charge < -0.3 is 15.4 Å². The minimum absolute atomic E-state index is 0.00244. The van der Waals surface area contributed by atoms with Crippen molar-refractivity contribution in [2.75, 3.05) is 11.9 Å². The molecule has 2 aliphatic heterocycles. The Labute approximate surface area is 134 Å². The van der Waals surface area contributed by atoms with Crippen molar-refractivity contribution in [2.24, 2.45) is 0 Å². The fourth-order valence-corrected chi connectivity index (χ4v) is 2.90. The molecule has 0 radical (unpaired) electrons. The van der Waals surface area contributed by atoms with Gasteiger partial charge in [0, 0.05) is 18.2 Å². The second-order valence-corrected chi connectivity index (χ2v) is 5.97. The van der Waals surface area contributed by atoms with Crippen LogP contribution in [0.1, 0.15) is 25.8 Å². The van der Waals surface area contributed by atoms with Crippen molar-refractivity contribution in [3.63, 3.8) is 0 Å². The van der Waals surface area contributed by atoms with Gasteiger partial charge in [-0.1, -0.05) is 0 Å². The quantitative estimate of drug-likeness (QED) is 0.822. The highest BCUT2D eigenvalue weighted by molar-refractivity contribution is 6.07. The summed E-state index contributed by atoms with van der Waals surface area (Å²) in [5.74, 6) is 0.215. The number of carbonyl (C=O) groups is 3. The summed E-state index contributed by atoms with van der Waals surface area (Å²) in [4.78, 5) is 37.2. The zero-order chi connectivity index (χ0) is 16.6. The van der Waals surface area contributed by atoms with Crippen LogP contribution >= 0.6 is 0 Å². The lowest BCUT2D eigenvalue weighted by molar-refractivity contribution is -0.140. The highest BCUT2D eigenvalue weighted by Crippen LogP contribution is 2.27. The first-order chi connectivity index (χ1) is 11.0. The molecule has 0 bridgehead atoms. The molecule has 0 aromatic heterocycles. The molecule has 1 aromatic carbocycles. The minimum Gasteiger partial charge on any atom is -0.493 e. The molecular weight excluding hydrogens is 298 g/mol. The van der Waals surface area contributed by atoms with E-state index in [0.29, 0.717) is 12.3 Å². The number of ether oxygens (including phenoxy) is 1. The standard InChI is InChI=1S/C16H19N3O4/c1-9(2)19-14(20)8-12(15(19)21)18-16(22)17-11-3-4-13-10(7-11)5-6-23-13/h3-4,7,9,12H,5-6,8H2,1-2H3,(H2,17,18,22). The van der Waals surface area contributed by atoms with E-state index >= 15 is 0 Å². The molecule has 122 valence electrons. The predicted octanol–water partition coefficient (Wildman–Crippen LogP) is 1.28. The molecule has 1 fully saturated rings. The van der Waals surface area contributed by atoms with Crippen LogP contribution in [0.25, 0.3) is 0 Å². The molecule has 2 N–H and O–H groups in total. The third-order valence-electron chi connectivity index (χ3n) is 3.95. The fourth-order valence-electron chi connectivity index (χ4n) is 2.90. The monoisotopic (exact) mass is 317 g/mol. The van der Waals surface area contributed by atoms with Gasteiger partial charge in [-0.15, -0.1) is 0 Å². The molecule has 2 aliphatic rings. The Morgan fingerprint density at radius 1 is 1.35 bits per heavy atom. The van der Waals surface area contributed by atoms with E-state index in [4.69, 9.17) is 4.74 Å². The number of carbonyl (C=O) groups excluding carboxylic acids is 3. The Hall–Kier alpha value is -2.57. The lowest BCUT2D eigenvalue weighted by Crippen LogP contribution is -2.45. The van der Waals surface area contributed by atoms with E-state index in [9.17, 15) is 14.4 Å². The Morgan fingerprint density at radius 2 is 2.13 bits per heavy atom.